The van der Waals surface area contributed by atoms with E-state index in [9.17, 15) is 13.2 Å². The second-order valence-electron chi connectivity index (χ2n) is 3.86. The molecule has 0 unspecified atom stereocenters. The van der Waals surface area contributed by atoms with Crippen molar-refractivity contribution in [3.05, 3.63) is 59.9 Å². The van der Waals surface area contributed by atoms with Gasteiger partial charge in [-0.2, -0.15) is 0 Å². The Morgan fingerprint density at radius 3 is 2.06 bits per heavy atom. The maximum absolute atomic E-state index is 13.8. The second-order valence-corrected chi connectivity index (χ2v) is 3.86. The number of halogens is 3. The van der Waals surface area contributed by atoms with Crippen LogP contribution in [-0.4, -0.2) is 0 Å². The highest BCUT2D eigenvalue weighted by Gasteiger charge is 2.13. The Labute approximate surface area is 95.3 Å². The first-order valence-corrected chi connectivity index (χ1v) is 5.13. The summed E-state index contributed by atoms with van der Waals surface area (Å²) < 4.78 is 41.0. The number of benzene rings is 3. The lowest BCUT2D eigenvalue weighted by Crippen LogP contribution is -1.90. The van der Waals surface area contributed by atoms with Crippen molar-refractivity contribution < 1.29 is 13.2 Å². The van der Waals surface area contributed by atoms with Gasteiger partial charge in [0.05, 0.1) is 5.39 Å². The van der Waals surface area contributed by atoms with Gasteiger partial charge in [0, 0.05) is 5.39 Å². The molecule has 0 saturated carbocycles. The first-order valence-electron chi connectivity index (χ1n) is 5.13. The summed E-state index contributed by atoms with van der Waals surface area (Å²) in [6, 6.07) is 9.94. The summed E-state index contributed by atoms with van der Waals surface area (Å²) in [6.45, 7) is 0. The normalized spacial score (nSPS) is 11.2. The third-order valence-corrected chi connectivity index (χ3v) is 2.85. The van der Waals surface area contributed by atoms with Crippen molar-refractivity contribution >= 4 is 21.5 Å². The highest BCUT2D eigenvalue weighted by molar-refractivity contribution is 6.08. The molecule has 17 heavy (non-hydrogen) atoms. The Morgan fingerprint density at radius 1 is 0.647 bits per heavy atom. The fourth-order valence-electron chi connectivity index (χ4n) is 2.11. The lowest BCUT2D eigenvalue weighted by molar-refractivity contribution is 0.598. The first-order chi connectivity index (χ1) is 8.18. The topological polar surface area (TPSA) is 0 Å². The SMILES string of the molecule is Fc1ccc(F)c2c1c(F)cc1ccccc12. The third-order valence-electron chi connectivity index (χ3n) is 2.85. The summed E-state index contributed by atoms with van der Waals surface area (Å²) in [5.74, 6) is -2.10. The lowest BCUT2D eigenvalue weighted by Gasteiger charge is -2.07. The maximum Gasteiger partial charge on any atom is 0.134 e. The molecule has 0 saturated heterocycles. The molecule has 0 aliphatic rings. The highest BCUT2D eigenvalue weighted by atomic mass is 19.1. The van der Waals surface area contributed by atoms with E-state index in [1.54, 1.807) is 24.3 Å². The van der Waals surface area contributed by atoms with Crippen LogP contribution in [0.5, 0.6) is 0 Å². The standard InChI is InChI=1S/C14H7F3/c15-10-5-6-11(16)14-12(17)7-8-3-1-2-4-9(8)13(10)14/h1-7H. The molecule has 0 radical (unpaired) electrons. The minimum atomic E-state index is -0.746. The predicted octanol–water partition coefficient (Wildman–Crippen LogP) is 4.41. The molecule has 0 aliphatic heterocycles. The molecule has 0 spiro atoms. The Balaban J connectivity index is 2.69. The fourth-order valence-corrected chi connectivity index (χ4v) is 2.11. The van der Waals surface area contributed by atoms with Crippen molar-refractivity contribution in [3.63, 3.8) is 0 Å². The van der Waals surface area contributed by atoms with E-state index in [4.69, 9.17) is 0 Å². The quantitative estimate of drug-likeness (QED) is 0.503. The number of hydrogen-bond donors (Lipinski definition) is 0. The van der Waals surface area contributed by atoms with Crippen molar-refractivity contribution in [2.45, 2.75) is 0 Å². The molecule has 0 heterocycles. The van der Waals surface area contributed by atoms with Crippen LogP contribution in [-0.2, 0) is 0 Å². The zero-order valence-corrected chi connectivity index (χ0v) is 8.68. The molecule has 0 amide bonds. The Hall–Kier alpha value is -2.03. The zero-order valence-electron chi connectivity index (χ0n) is 8.68. The van der Waals surface area contributed by atoms with Gasteiger partial charge in [0.25, 0.3) is 0 Å². The molecule has 0 aliphatic carbocycles. The van der Waals surface area contributed by atoms with Crippen molar-refractivity contribution in [1.82, 2.24) is 0 Å². The monoisotopic (exact) mass is 232 g/mol. The summed E-state index contributed by atoms with van der Waals surface area (Å²) >= 11 is 0. The molecule has 3 aromatic carbocycles. The van der Waals surface area contributed by atoms with Gasteiger partial charge in [0.15, 0.2) is 0 Å². The van der Waals surface area contributed by atoms with Crippen molar-refractivity contribution in [2.75, 3.05) is 0 Å². The van der Waals surface area contributed by atoms with Gasteiger partial charge in [-0.15, -0.1) is 0 Å². The van der Waals surface area contributed by atoms with Gasteiger partial charge < -0.3 is 0 Å². The van der Waals surface area contributed by atoms with Crippen LogP contribution in [0.25, 0.3) is 21.5 Å². The zero-order chi connectivity index (χ0) is 12.0. The van der Waals surface area contributed by atoms with Gasteiger partial charge in [-0.05, 0) is 29.0 Å². The molecular formula is C14H7F3. The van der Waals surface area contributed by atoms with E-state index in [1.807, 2.05) is 0 Å². The third kappa shape index (κ3) is 1.39. The van der Waals surface area contributed by atoms with Gasteiger partial charge in [-0.1, -0.05) is 24.3 Å². The van der Waals surface area contributed by atoms with Gasteiger partial charge in [-0.3, -0.25) is 0 Å². The van der Waals surface area contributed by atoms with E-state index >= 15 is 0 Å². The highest BCUT2D eigenvalue weighted by Crippen LogP contribution is 2.31. The summed E-state index contributed by atoms with van der Waals surface area (Å²) in [6.07, 6.45) is 0. The predicted molar refractivity (Wildman–Crippen MR) is 61.3 cm³/mol. The van der Waals surface area contributed by atoms with E-state index in [2.05, 4.69) is 0 Å². The molecular weight excluding hydrogens is 225 g/mol. The van der Waals surface area contributed by atoms with Crippen LogP contribution in [0.3, 0.4) is 0 Å². The molecule has 84 valence electrons. The average molecular weight is 232 g/mol. The second kappa shape index (κ2) is 3.48. The molecule has 3 heteroatoms. The van der Waals surface area contributed by atoms with E-state index < -0.39 is 17.5 Å². The summed E-state index contributed by atoms with van der Waals surface area (Å²) in [5, 5.41) is 0.784. The molecule has 0 aromatic heterocycles. The summed E-state index contributed by atoms with van der Waals surface area (Å²) in [4.78, 5) is 0. The van der Waals surface area contributed by atoms with Crippen LogP contribution >= 0.6 is 0 Å². The van der Waals surface area contributed by atoms with Crippen LogP contribution in [0.2, 0.25) is 0 Å². The summed E-state index contributed by atoms with van der Waals surface area (Å²) in [7, 11) is 0. The molecule has 3 rings (SSSR count). The van der Waals surface area contributed by atoms with Crippen molar-refractivity contribution in [1.29, 1.82) is 0 Å². The van der Waals surface area contributed by atoms with Gasteiger partial charge in [0.1, 0.15) is 17.5 Å². The smallest absolute Gasteiger partial charge is 0.134 e. The van der Waals surface area contributed by atoms with Gasteiger partial charge in [-0.25, -0.2) is 13.2 Å². The minimum Gasteiger partial charge on any atom is -0.206 e. The maximum atomic E-state index is 13.8. The van der Waals surface area contributed by atoms with Gasteiger partial charge >= 0.3 is 0 Å². The summed E-state index contributed by atoms with van der Waals surface area (Å²) in [5.41, 5.74) is 0. The minimum absolute atomic E-state index is 0.000556. The van der Waals surface area contributed by atoms with E-state index in [0.29, 0.717) is 10.8 Å². The van der Waals surface area contributed by atoms with Crippen LogP contribution < -0.4 is 0 Å². The molecule has 0 fully saturated rings. The molecule has 3 aromatic rings. The van der Waals surface area contributed by atoms with Crippen molar-refractivity contribution in [3.8, 4) is 0 Å². The van der Waals surface area contributed by atoms with Crippen LogP contribution in [0.4, 0.5) is 13.2 Å². The largest absolute Gasteiger partial charge is 0.206 e. The number of fused-ring (bicyclic) bond motifs is 3. The van der Waals surface area contributed by atoms with Crippen LogP contribution in [0.1, 0.15) is 0 Å². The van der Waals surface area contributed by atoms with Crippen molar-refractivity contribution in [2.24, 2.45) is 0 Å². The number of hydrogen-bond acceptors (Lipinski definition) is 0. The average Bonchev–Trinajstić information content (AvgIpc) is 2.33. The van der Waals surface area contributed by atoms with E-state index in [1.165, 1.54) is 6.07 Å². The Morgan fingerprint density at radius 2 is 1.29 bits per heavy atom. The van der Waals surface area contributed by atoms with E-state index in [0.717, 1.165) is 12.1 Å². The first kappa shape index (κ1) is 10.1. The number of rotatable bonds is 0. The Bertz CT molecular complexity index is 732. The lowest BCUT2D eigenvalue weighted by atomic mass is 10.0. The molecule has 0 nitrogen and oxygen atoms in total. The van der Waals surface area contributed by atoms with Crippen LogP contribution in [0, 0.1) is 17.5 Å². The van der Waals surface area contributed by atoms with Gasteiger partial charge in [0.2, 0.25) is 0 Å². The molecule has 0 N–H and O–H groups in total. The molecule has 0 bridgehead atoms. The molecule has 0 atom stereocenters. The van der Waals surface area contributed by atoms with E-state index in [-0.39, 0.29) is 10.8 Å². The Kier molecular flexibility index (Phi) is 2.08. The van der Waals surface area contributed by atoms with Crippen LogP contribution in [0.15, 0.2) is 42.5 Å². The fraction of sp³-hybridized carbons (Fsp3) is 0.